The summed E-state index contributed by atoms with van der Waals surface area (Å²) in [4.78, 5) is 26.2. The summed E-state index contributed by atoms with van der Waals surface area (Å²) in [7, 11) is 0. The molecule has 0 unspecified atom stereocenters. The Morgan fingerprint density at radius 1 is 1.00 bits per heavy atom. The molecule has 2 aromatic heterocycles. The van der Waals surface area contributed by atoms with Crippen molar-refractivity contribution in [1.82, 2.24) is 19.9 Å². The summed E-state index contributed by atoms with van der Waals surface area (Å²) in [6, 6.07) is 12.9. The largest absolute Gasteiger partial charge is 0.483 e. The predicted octanol–water partition coefficient (Wildman–Crippen LogP) is 3.18. The van der Waals surface area contributed by atoms with E-state index in [1.807, 2.05) is 25.4 Å². The third-order valence-corrected chi connectivity index (χ3v) is 5.34. The molecule has 30 heavy (non-hydrogen) atoms. The van der Waals surface area contributed by atoms with Gasteiger partial charge in [-0.2, -0.15) is 0 Å². The number of pyridine rings is 1. The lowest BCUT2D eigenvalue weighted by atomic mass is 10.1. The number of hydrogen-bond acceptors (Lipinski definition) is 6. The fraction of sp³-hybridized carbons (Fsp3) is 0.304. The van der Waals surface area contributed by atoms with Crippen molar-refractivity contribution in [2.45, 2.75) is 20.4 Å². The van der Waals surface area contributed by atoms with E-state index in [-0.39, 0.29) is 6.47 Å². The second-order valence-corrected chi connectivity index (χ2v) is 7.21. The number of anilines is 1. The van der Waals surface area contributed by atoms with Gasteiger partial charge < -0.3 is 10.0 Å². The molecule has 0 atom stereocenters. The molecule has 0 amide bonds. The summed E-state index contributed by atoms with van der Waals surface area (Å²) in [5.74, 6) is 1.09. The highest BCUT2D eigenvalue weighted by Crippen LogP contribution is 2.22. The van der Waals surface area contributed by atoms with Crippen LogP contribution in [0, 0.1) is 13.8 Å². The average Bonchev–Trinajstić information content (AvgIpc) is 2.78. The van der Waals surface area contributed by atoms with Gasteiger partial charge in [0, 0.05) is 56.4 Å². The number of hydrogen-bond donors (Lipinski definition) is 1. The van der Waals surface area contributed by atoms with Crippen molar-refractivity contribution in [2.24, 2.45) is 0 Å². The van der Waals surface area contributed by atoms with E-state index in [2.05, 4.69) is 62.0 Å². The van der Waals surface area contributed by atoms with Crippen LogP contribution in [-0.2, 0) is 11.3 Å². The Labute approximate surface area is 177 Å². The predicted molar refractivity (Wildman–Crippen MR) is 117 cm³/mol. The van der Waals surface area contributed by atoms with Crippen LogP contribution in [0.3, 0.4) is 0 Å². The van der Waals surface area contributed by atoms with Gasteiger partial charge in [0.25, 0.3) is 6.47 Å². The van der Waals surface area contributed by atoms with Crippen molar-refractivity contribution in [3.05, 3.63) is 71.9 Å². The third-order valence-electron chi connectivity index (χ3n) is 5.34. The molecule has 1 saturated heterocycles. The first-order valence-corrected chi connectivity index (χ1v) is 9.95. The Bertz CT molecular complexity index is 940. The molecular formula is C23H27N5O2. The number of piperazine rings is 1. The monoisotopic (exact) mass is 405 g/mol. The van der Waals surface area contributed by atoms with Crippen LogP contribution in [0.2, 0.25) is 0 Å². The van der Waals surface area contributed by atoms with Gasteiger partial charge in [-0.25, -0.2) is 9.97 Å². The molecule has 7 nitrogen and oxygen atoms in total. The summed E-state index contributed by atoms with van der Waals surface area (Å²) < 4.78 is 0. The molecule has 4 rings (SSSR count). The Kier molecular flexibility index (Phi) is 7.45. The van der Waals surface area contributed by atoms with Crippen LogP contribution in [-0.4, -0.2) is 57.6 Å². The summed E-state index contributed by atoms with van der Waals surface area (Å²) in [5.41, 5.74) is 5.98. The lowest BCUT2D eigenvalue weighted by Gasteiger charge is -2.36. The van der Waals surface area contributed by atoms with Crippen LogP contribution in [0.5, 0.6) is 0 Å². The number of aryl methyl sites for hydroxylation is 1. The SMILES string of the molecule is Cc1ncnc(N2CCN(Cc3ccc(-c4cccnc4)cc3)CC2)c1C.O=CO. The molecule has 0 bridgehead atoms. The molecule has 0 aliphatic carbocycles. The third kappa shape index (κ3) is 5.39. The van der Waals surface area contributed by atoms with Crippen molar-refractivity contribution in [1.29, 1.82) is 0 Å². The first kappa shape index (κ1) is 21.4. The molecular weight excluding hydrogens is 378 g/mol. The van der Waals surface area contributed by atoms with Gasteiger partial charge in [-0.05, 0) is 36.6 Å². The minimum absolute atomic E-state index is 0.250. The van der Waals surface area contributed by atoms with Crippen LogP contribution in [0.1, 0.15) is 16.8 Å². The maximum absolute atomic E-state index is 8.36. The Hall–Kier alpha value is -3.32. The maximum atomic E-state index is 8.36. The zero-order valence-electron chi connectivity index (χ0n) is 17.4. The summed E-state index contributed by atoms with van der Waals surface area (Å²) >= 11 is 0. The standard InChI is InChI=1S/C22H25N5.CH2O2/c1-17-18(2)24-16-25-22(17)27-12-10-26(11-13-27)15-19-5-7-20(8-6-19)21-4-3-9-23-14-21;2-1-3/h3-9,14,16H,10-13,15H2,1-2H3;1H,(H,2,3). The molecule has 156 valence electrons. The summed E-state index contributed by atoms with van der Waals surface area (Å²) in [6.07, 6.45) is 5.39. The number of aromatic nitrogens is 3. The van der Waals surface area contributed by atoms with Gasteiger partial charge in [-0.15, -0.1) is 0 Å². The molecule has 0 saturated carbocycles. The zero-order chi connectivity index (χ0) is 21.3. The fourth-order valence-corrected chi connectivity index (χ4v) is 3.56. The Morgan fingerprint density at radius 2 is 1.70 bits per heavy atom. The van der Waals surface area contributed by atoms with Crippen LogP contribution in [0.4, 0.5) is 5.82 Å². The number of benzene rings is 1. The van der Waals surface area contributed by atoms with Gasteiger partial charge in [-0.1, -0.05) is 30.3 Å². The fourth-order valence-electron chi connectivity index (χ4n) is 3.56. The Morgan fingerprint density at radius 3 is 2.33 bits per heavy atom. The van der Waals surface area contributed by atoms with Gasteiger partial charge in [0.15, 0.2) is 0 Å². The summed E-state index contributed by atoms with van der Waals surface area (Å²) in [5, 5.41) is 6.89. The topological polar surface area (TPSA) is 82.5 Å². The molecule has 1 aliphatic rings. The average molecular weight is 406 g/mol. The van der Waals surface area contributed by atoms with Gasteiger partial charge >= 0.3 is 0 Å². The van der Waals surface area contributed by atoms with Crippen LogP contribution in [0.15, 0.2) is 55.1 Å². The smallest absolute Gasteiger partial charge is 0.290 e. The normalized spacial score (nSPS) is 14.0. The van der Waals surface area contributed by atoms with E-state index in [0.717, 1.165) is 49.8 Å². The van der Waals surface area contributed by atoms with E-state index < -0.39 is 0 Å². The molecule has 1 aliphatic heterocycles. The minimum Gasteiger partial charge on any atom is -0.483 e. The van der Waals surface area contributed by atoms with E-state index in [1.54, 1.807) is 6.33 Å². The number of carbonyl (C=O) groups is 1. The van der Waals surface area contributed by atoms with E-state index >= 15 is 0 Å². The lowest BCUT2D eigenvalue weighted by Crippen LogP contribution is -2.46. The van der Waals surface area contributed by atoms with Gasteiger partial charge in [0.2, 0.25) is 0 Å². The van der Waals surface area contributed by atoms with Crippen molar-refractivity contribution >= 4 is 12.3 Å². The van der Waals surface area contributed by atoms with Gasteiger partial charge in [0.05, 0.1) is 0 Å². The van der Waals surface area contributed by atoms with Crippen molar-refractivity contribution in [3.63, 3.8) is 0 Å². The molecule has 7 heteroatoms. The second-order valence-electron chi connectivity index (χ2n) is 7.21. The first-order chi connectivity index (χ1) is 14.6. The van der Waals surface area contributed by atoms with Crippen molar-refractivity contribution < 1.29 is 9.90 Å². The van der Waals surface area contributed by atoms with Crippen molar-refractivity contribution in [2.75, 3.05) is 31.1 Å². The quantitative estimate of drug-likeness (QED) is 0.668. The highest BCUT2D eigenvalue weighted by Gasteiger charge is 2.20. The zero-order valence-corrected chi connectivity index (χ0v) is 17.4. The second kappa shape index (κ2) is 10.5. The molecule has 1 aromatic carbocycles. The molecule has 1 fully saturated rings. The highest BCUT2D eigenvalue weighted by molar-refractivity contribution is 5.62. The molecule has 0 spiro atoms. The highest BCUT2D eigenvalue weighted by atomic mass is 16.3. The number of rotatable bonds is 4. The van der Waals surface area contributed by atoms with Crippen LogP contribution in [0.25, 0.3) is 11.1 Å². The Balaban J connectivity index is 0.000000806. The van der Waals surface area contributed by atoms with E-state index in [4.69, 9.17) is 9.90 Å². The molecule has 3 heterocycles. The number of carboxylic acid groups (broad SMARTS) is 1. The van der Waals surface area contributed by atoms with E-state index in [1.165, 1.54) is 16.7 Å². The number of nitrogens with zero attached hydrogens (tertiary/aromatic N) is 5. The summed E-state index contributed by atoms with van der Waals surface area (Å²) in [6.45, 7) is 9.01. The van der Waals surface area contributed by atoms with E-state index in [0.29, 0.717) is 0 Å². The van der Waals surface area contributed by atoms with Crippen LogP contribution >= 0.6 is 0 Å². The van der Waals surface area contributed by atoms with Crippen molar-refractivity contribution in [3.8, 4) is 11.1 Å². The van der Waals surface area contributed by atoms with Crippen LogP contribution < -0.4 is 4.90 Å². The lowest BCUT2D eigenvalue weighted by molar-refractivity contribution is -0.122. The molecule has 3 aromatic rings. The maximum Gasteiger partial charge on any atom is 0.290 e. The minimum atomic E-state index is -0.250. The molecule has 0 radical (unpaired) electrons. The van der Waals surface area contributed by atoms with Gasteiger partial charge in [-0.3, -0.25) is 14.7 Å². The first-order valence-electron chi connectivity index (χ1n) is 9.95. The molecule has 1 N–H and O–H groups in total. The van der Waals surface area contributed by atoms with Gasteiger partial charge in [0.1, 0.15) is 12.1 Å². The van der Waals surface area contributed by atoms with E-state index in [9.17, 15) is 0 Å².